The Bertz CT molecular complexity index is 491. The van der Waals surface area contributed by atoms with Crippen LogP contribution in [0, 0.1) is 0 Å². The third-order valence-electron chi connectivity index (χ3n) is 5.52. The van der Waals surface area contributed by atoms with E-state index in [4.69, 9.17) is 12.2 Å². The van der Waals surface area contributed by atoms with Crippen LogP contribution in [0.15, 0.2) is 24.4 Å². The van der Waals surface area contributed by atoms with Crippen molar-refractivity contribution in [2.45, 2.75) is 89.3 Å². The highest BCUT2D eigenvalue weighted by atomic mass is 32.1. The highest BCUT2D eigenvalue weighted by Crippen LogP contribution is 2.25. The maximum Gasteiger partial charge on any atom is 0.169 e. The Morgan fingerprint density at radius 1 is 1.00 bits per heavy atom. The first-order valence-corrected chi connectivity index (χ1v) is 10.2. The number of nitrogens with zero attached hydrogens (tertiary/aromatic N) is 2. The smallest absolute Gasteiger partial charge is 0.169 e. The molecule has 4 heteroatoms. The average molecular weight is 346 g/mol. The molecule has 3 nitrogen and oxygen atoms in total. The van der Waals surface area contributed by atoms with Gasteiger partial charge in [-0.3, -0.25) is 4.98 Å². The van der Waals surface area contributed by atoms with Gasteiger partial charge in [0, 0.05) is 18.3 Å². The summed E-state index contributed by atoms with van der Waals surface area (Å²) in [6, 6.07) is 7.31. The van der Waals surface area contributed by atoms with Crippen LogP contribution in [0.4, 0.5) is 0 Å². The minimum absolute atomic E-state index is 0.561. The second-order valence-corrected chi connectivity index (χ2v) is 7.77. The van der Waals surface area contributed by atoms with E-state index in [9.17, 15) is 0 Å². The fraction of sp³-hybridized carbons (Fsp3) is 0.700. The van der Waals surface area contributed by atoms with E-state index in [1.165, 1.54) is 70.6 Å². The lowest BCUT2D eigenvalue weighted by molar-refractivity contribution is 0.292. The van der Waals surface area contributed by atoms with E-state index < -0.39 is 0 Å². The molecule has 0 radical (unpaired) electrons. The molecule has 0 atom stereocenters. The molecule has 132 valence electrons. The van der Waals surface area contributed by atoms with E-state index in [1.807, 2.05) is 12.3 Å². The van der Waals surface area contributed by atoms with Crippen LogP contribution in [0.1, 0.15) is 76.3 Å². The third-order valence-corrected chi connectivity index (χ3v) is 5.87. The Hall–Kier alpha value is -1.16. The Morgan fingerprint density at radius 3 is 2.33 bits per heavy atom. The highest BCUT2D eigenvalue weighted by molar-refractivity contribution is 7.80. The second-order valence-electron chi connectivity index (χ2n) is 7.38. The zero-order valence-corrected chi connectivity index (χ0v) is 15.6. The molecule has 1 N–H and O–H groups in total. The Morgan fingerprint density at radius 2 is 1.67 bits per heavy atom. The quantitative estimate of drug-likeness (QED) is 0.792. The fourth-order valence-corrected chi connectivity index (χ4v) is 4.49. The van der Waals surface area contributed by atoms with Crippen molar-refractivity contribution in [3.63, 3.8) is 0 Å². The SMILES string of the molecule is S=C(NC1CCCCCCC1)N(Cc1ccccn1)C1CCCC1. The van der Waals surface area contributed by atoms with E-state index in [0.717, 1.165) is 17.4 Å². The third kappa shape index (κ3) is 5.17. The molecule has 2 saturated carbocycles. The molecule has 2 aliphatic rings. The predicted octanol–water partition coefficient (Wildman–Crippen LogP) is 4.81. The van der Waals surface area contributed by atoms with Gasteiger partial charge in [0.25, 0.3) is 0 Å². The largest absolute Gasteiger partial charge is 0.360 e. The summed E-state index contributed by atoms with van der Waals surface area (Å²) in [6.07, 6.45) is 16.4. The number of aromatic nitrogens is 1. The summed E-state index contributed by atoms with van der Waals surface area (Å²) in [4.78, 5) is 6.94. The molecule has 0 aliphatic heterocycles. The number of hydrogen-bond acceptors (Lipinski definition) is 2. The highest BCUT2D eigenvalue weighted by Gasteiger charge is 2.26. The zero-order chi connectivity index (χ0) is 16.6. The van der Waals surface area contributed by atoms with Gasteiger partial charge in [-0.05, 0) is 50.0 Å². The standard InChI is InChI=1S/C20H31N3S/c24-20(22-17-10-4-2-1-3-5-11-17)23(19-13-6-7-14-19)16-18-12-8-9-15-21-18/h8-9,12,15,17,19H,1-7,10-11,13-14,16H2,(H,22,24). The van der Waals surface area contributed by atoms with E-state index in [1.54, 1.807) is 0 Å². The van der Waals surface area contributed by atoms with Gasteiger partial charge in [0.05, 0.1) is 12.2 Å². The molecule has 2 aliphatic carbocycles. The summed E-state index contributed by atoms with van der Waals surface area (Å²) in [7, 11) is 0. The summed E-state index contributed by atoms with van der Waals surface area (Å²) in [5.74, 6) is 0. The summed E-state index contributed by atoms with van der Waals surface area (Å²) >= 11 is 5.86. The molecular weight excluding hydrogens is 314 g/mol. The molecule has 1 aromatic rings. The molecule has 0 unspecified atom stereocenters. The van der Waals surface area contributed by atoms with Crippen molar-refractivity contribution in [3.05, 3.63) is 30.1 Å². The fourth-order valence-electron chi connectivity index (χ4n) is 4.11. The van der Waals surface area contributed by atoms with Gasteiger partial charge in [0.1, 0.15) is 0 Å². The van der Waals surface area contributed by atoms with E-state index in [2.05, 4.69) is 27.3 Å². The Balaban J connectivity index is 1.63. The van der Waals surface area contributed by atoms with Gasteiger partial charge in [-0.2, -0.15) is 0 Å². The second kappa shape index (κ2) is 9.36. The Kier molecular flexibility index (Phi) is 6.88. The minimum atomic E-state index is 0.561. The Labute approximate surface area is 152 Å². The van der Waals surface area contributed by atoms with Crippen LogP contribution in [0.3, 0.4) is 0 Å². The minimum Gasteiger partial charge on any atom is -0.360 e. The van der Waals surface area contributed by atoms with Gasteiger partial charge < -0.3 is 10.2 Å². The lowest BCUT2D eigenvalue weighted by atomic mass is 9.97. The van der Waals surface area contributed by atoms with Crippen molar-refractivity contribution < 1.29 is 0 Å². The van der Waals surface area contributed by atoms with Crippen molar-refractivity contribution in [1.82, 2.24) is 15.2 Å². The van der Waals surface area contributed by atoms with Crippen LogP contribution in [-0.4, -0.2) is 27.1 Å². The van der Waals surface area contributed by atoms with Crippen molar-refractivity contribution in [3.8, 4) is 0 Å². The number of pyridine rings is 1. The number of nitrogens with one attached hydrogen (secondary N) is 1. The predicted molar refractivity (Wildman–Crippen MR) is 104 cm³/mol. The molecule has 24 heavy (non-hydrogen) atoms. The number of rotatable bonds is 4. The summed E-state index contributed by atoms with van der Waals surface area (Å²) in [5.41, 5.74) is 1.12. The number of hydrogen-bond donors (Lipinski definition) is 1. The lowest BCUT2D eigenvalue weighted by Crippen LogP contribution is -2.48. The van der Waals surface area contributed by atoms with Gasteiger partial charge >= 0.3 is 0 Å². The molecule has 0 bridgehead atoms. The number of thiocarbonyl (C=S) groups is 1. The molecule has 2 fully saturated rings. The first kappa shape index (κ1) is 17.7. The summed E-state index contributed by atoms with van der Waals surface area (Å²) in [6.45, 7) is 0.837. The van der Waals surface area contributed by atoms with Crippen molar-refractivity contribution in [2.75, 3.05) is 0 Å². The molecule has 0 amide bonds. The molecule has 1 aromatic heterocycles. The first-order chi connectivity index (χ1) is 11.8. The topological polar surface area (TPSA) is 28.2 Å². The summed E-state index contributed by atoms with van der Waals surface area (Å²) in [5, 5.41) is 4.67. The van der Waals surface area contributed by atoms with Crippen LogP contribution < -0.4 is 5.32 Å². The maximum atomic E-state index is 5.86. The van der Waals surface area contributed by atoms with Crippen molar-refractivity contribution in [1.29, 1.82) is 0 Å². The molecule has 0 spiro atoms. The van der Waals surface area contributed by atoms with Crippen LogP contribution in [-0.2, 0) is 6.54 Å². The van der Waals surface area contributed by atoms with E-state index in [0.29, 0.717) is 12.1 Å². The van der Waals surface area contributed by atoms with Gasteiger partial charge in [-0.15, -0.1) is 0 Å². The average Bonchev–Trinajstić information content (AvgIpc) is 3.10. The molecular formula is C20H31N3S. The lowest BCUT2D eigenvalue weighted by Gasteiger charge is -2.34. The van der Waals surface area contributed by atoms with Crippen LogP contribution in [0.25, 0.3) is 0 Å². The van der Waals surface area contributed by atoms with Crippen LogP contribution in [0.5, 0.6) is 0 Å². The van der Waals surface area contributed by atoms with Gasteiger partial charge in [0.2, 0.25) is 0 Å². The van der Waals surface area contributed by atoms with Crippen molar-refractivity contribution in [2.24, 2.45) is 0 Å². The normalized spacial score (nSPS) is 20.3. The summed E-state index contributed by atoms with van der Waals surface area (Å²) < 4.78 is 0. The first-order valence-electron chi connectivity index (χ1n) is 9.80. The van der Waals surface area contributed by atoms with Gasteiger partial charge in [-0.1, -0.05) is 51.0 Å². The molecule has 0 saturated heterocycles. The van der Waals surface area contributed by atoms with E-state index in [-0.39, 0.29) is 0 Å². The zero-order valence-electron chi connectivity index (χ0n) is 14.8. The maximum absolute atomic E-state index is 5.86. The molecule has 0 aromatic carbocycles. The monoisotopic (exact) mass is 345 g/mol. The molecule has 1 heterocycles. The van der Waals surface area contributed by atoms with E-state index >= 15 is 0 Å². The molecule has 3 rings (SSSR count). The van der Waals surface area contributed by atoms with Crippen LogP contribution in [0.2, 0.25) is 0 Å². The van der Waals surface area contributed by atoms with Gasteiger partial charge in [-0.25, -0.2) is 0 Å². The van der Waals surface area contributed by atoms with Crippen molar-refractivity contribution >= 4 is 17.3 Å². The van der Waals surface area contributed by atoms with Crippen LogP contribution >= 0.6 is 12.2 Å². The van der Waals surface area contributed by atoms with Gasteiger partial charge in [0.15, 0.2) is 5.11 Å².